The molecule has 0 amide bonds. The molecular weight excluding hydrogens is 881 g/mol. The summed E-state index contributed by atoms with van der Waals surface area (Å²) in [6.45, 7) is 2.25. The monoisotopic (exact) mass is 934 g/mol. The minimum absolute atomic E-state index is 0.469. The van der Waals surface area contributed by atoms with E-state index in [0.29, 0.717) is 0 Å². The zero-order chi connectivity index (χ0) is 48.2. The van der Waals surface area contributed by atoms with Gasteiger partial charge in [0.2, 0.25) is 0 Å². The van der Waals surface area contributed by atoms with Crippen LogP contribution in [0.3, 0.4) is 0 Å². The van der Waals surface area contributed by atoms with E-state index in [4.69, 9.17) is 5.73 Å². The number of hydrogen-bond acceptors (Lipinski definition) is 2. The largest absolute Gasteiger partial charge is 0.399 e. The Morgan fingerprint density at radius 1 is 0.315 bits per heavy atom. The van der Waals surface area contributed by atoms with Crippen LogP contribution in [-0.2, 0) is 62.2 Å². The zero-order valence-corrected chi connectivity index (χ0v) is 41.2. The van der Waals surface area contributed by atoms with Crippen LogP contribution in [0.2, 0.25) is 0 Å². The van der Waals surface area contributed by atoms with E-state index in [1.54, 1.807) is 0 Å². The van der Waals surface area contributed by atoms with Crippen LogP contribution in [0.25, 0.3) is 33.4 Å². The van der Waals surface area contributed by atoms with Gasteiger partial charge in [-0.05, 0) is 235 Å². The smallest absolute Gasteiger partial charge is 0.0714 e. The van der Waals surface area contributed by atoms with E-state index < -0.39 is 10.8 Å². The highest BCUT2D eigenvalue weighted by Gasteiger charge is 2.49. The molecule has 0 heterocycles. The molecule has 0 spiro atoms. The molecule has 6 aliphatic rings. The fourth-order valence-corrected chi connectivity index (χ4v) is 14.2. The van der Waals surface area contributed by atoms with Crippen LogP contribution >= 0.6 is 0 Å². The van der Waals surface area contributed by atoms with Crippen LogP contribution in [0.4, 0.5) is 22.7 Å². The number of benzene rings is 10. The Morgan fingerprint density at radius 2 is 0.712 bits per heavy atom. The summed E-state index contributed by atoms with van der Waals surface area (Å²) in [5, 5.41) is 0. The molecule has 0 saturated carbocycles. The van der Waals surface area contributed by atoms with Crippen LogP contribution in [0.1, 0.15) is 94.6 Å². The Hall–Kier alpha value is -8.20. The third-order valence-electron chi connectivity index (χ3n) is 18.4. The highest BCUT2D eigenvalue weighted by Crippen LogP contribution is 2.60. The van der Waals surface area contributed by atoms with Gasteiger partial charge in [-0.3, -0.25) is 0 Å². The number of rotatable bonds is 8. The minimum Gasteiger partial charge on any atom is -0.399 e. The molecule has 0 saturated heterocycles. The van der Waals surface area contributed by atoms with Crippen molar-refractivity contribution in [1.29, 1.82) is 0 Å². The third kappa shape index (κ3) is 5.75. The van der Waals surface area contributed by atoms with E-state index in [-0.39, 0.29) is 0 Å². The number of hydrogen-bond donors (Lipinski definition) is 1. The first-order valence-electron chi connectivity index (χ1n) is 26.7. The molecular formula is C71H54N2. The van der Waals surface area contributed by atoms with E-state index in [0.717, 1.165) is 61.3 Å². The van der Waals surface area contributed by atoms with Crippen molar-refractivity contribution < 1.29 is 0 Å². The quantitative estimate of drug-likeness (QED) is 0.154. The van der Waals surface area contributed by atoms with Crippen molar-refractivity contribution in [2.24, 2.45) is 0 Å². The molecule has 348 valence electrons. The van der Waals surface area contributed by atoms with Gasteiger partial charge in [0.25, 0.3) is 0 Å². The van der Waals surface area contributed by atoms with Gasteiger partial charge in [0, 0.05) is 22.7 Å². The third-order valence-corrected chi connectivity index (χ3v) is 18.4. The maximum Gasteiger partial charge on any atom is 0.0714 e. The zero-order valence-electron chi connectivity index (χ0n) is 41.2. The lowest BCUT2D eigenvalue weighted by atomic mass is 9.65. The topological polar surface area (TPSA) is 29.3 Å². The van der Waals surface area contributed by atoms with Crippen LogP contribution in [-0.4, -0.2) is 0 Å². The number of nitrogen functional groups attached to an aromatic ring is 1. The van der Waals surface area contributed by atoms with Crippen molar-refractivity contribution in [3.05, 3.63) is 295 Å². The lowest BCUT2D eigenvalue weighted by Crippen LogP contribution is -2.30. The summed E-state index contributed by atoms with van der Waals surface area (Å²) in [6, 6.07) is 78.0. The van der Waals surface area contributed by atoms with Gasteiger partial charge in [-0.15, -0.1) is 0 Å². The highest BCUT2D eigenvalue weighted by atomic mass is 15.1. The predicted molar refractivity (Wildman–Crippen MR) is 300 cm³/mol. The molecule has 0 unspecified atom stereocenters. The van der Waals surface area contributed by atoms with E-state index in [2.05, 4.69) is 212 Å². The van der Waals surface area contributed by atoms with Crippen LogP contribution in [0.5, 0.6) is 0 Å². The first kappa shape index (κ1) is 41.4. The second kappa shape index (κ2) is 15.2. The van der Waals surface area contributed by atoms with Gasteiger partial charge in [-0.1, -0.05) is 151 Å². The minimum atomic E-state index is -0.502. The molecule has 10 aromatic rings. The molecule has 2 heteroatoms. The Morgan fingerprint density at radius 3 is 1.21 bits per heavy atom. The molecule has 10 aromatic carbocycles. The first-order valence-corrected chi connectivity index (χ1v) is 26.7. The standard InChI is InChI=1S/C71H54N2/c1-43-7-31-62-65-34-30-61(42-69(65)70(66(62)35-43,54-23-16-44-8-12-49(44)36-54)55-24-17-45-9-13-50(45)37-55)73(59-5-3-2-4-6-59)60-28-20-48(21-29-60)53-22-32-63-64-33-27-58(72)41-68(64)71(67(63)40-53,56-25-18-46-10-14-51(46)38-56)57-26-19-47-11-15-52(47)39-57/h2-7,16-42H,8-15,72H2,1H3. The van der Waals surface area contributed by atoms with Crippen molar-refractivity contribution in [2.45, 2.75) is 69.1 Å². The molecule has 2 N–H and O–H groups in total. The number of aryl methyl sites for hydroxylation is 9. The average Bonchev–Trinajstić information content (AvgIpc) is 3.83. The Bertz CT molecular complexity index is 3890. The maximum absolute atomic E-state index is 6.76. The molecule has 6 aliphatic carbocycles. The van der Waals surface area contributed by atoms with E-state index in [1.807, 2.05) is 0 Å². The summed E-state index contributed by atoms with van der Waals surface area (Å²) >= 11 is 0. The van der Waals surface area contributed by atoms with E-state index in [9.17, 15) is 0 Å². The molecule has 0 aromatic heterocycles. The van der Waals surface area contributed by atoms with Gasteiger partial charge in [-0.25, -0.2) is 0 Å². The van der Waals surface area contributed by atoms with Crippen LogP contribution in [0, 0.1) is 6.92 Å². The molecule has 0 bridgehead atoms. The van der Waals surface area contributed by atoms with Crippen molar-refractivity contribution in [1.82, 2.24) is 0 Å². The van der Waals surface area contributed by atoms with Gasteiger partial charge in [0.05, 0.1) is 10.8 Å². The molecule has 0 fully saturated rings. The van der Waals surface area contributed by atoms with Gasteiger partial charge in [0.1, 0.15) is 0 Å². The van der Waals surface area contributed by atoms with Gasteiger partial charge >= 0.3 is 0 Å². The molecule has 0 radical (unpaired) electrons. The Balaban J connectivity index is 0.854. The molecule has 16 rings (SSSR count). The summed E-state index contributed by atoms with van der Waals surface area (Å²) in [5.41, 5.74) is 41.5. The highest BCUT2D eigenvalue weighted by molar-refractivity contribution is 5.92. The van der Waals surface area contributed by atoms with E-state index in [1.165, 1.54) is 141 Å². The molecule has 73 heavy (non-hydrogen) atoms. The maximum atomic E-state index is 6.76. The van der Waals surface area contributed by atoms with Gasteiger partial charge in [-0.2, -0.15) is 0 Å². The number of nitrogens with two attached hydrogens (primary N) is 1. The normalized spacial score (nSPS) is 15.8. The molecule has 0 atom stereocenters. The summed E-state index contributed by atoms with van der Waals surface area (Å²) in [6.07, 6.45) is 9.23. The van der Waals surface area contributed by atoms with Crippen molar-refractivity contribution in [3.63, 3.8) is 0 Å². The van der Waals surface area contributed by atoms with E-state index >= 15 is 0 Å². The fourth-order valence-electron chi connectivity index (χ4n) is 14.2. The summed E-state index contributed by atoms with van der Waals surface area (Å²) < 4.78 is 0. The lowest BCUT2D eigenvalue weighted by molar-refractivity contribution is 0.739. The molecule has 0 aliphatic heterocycles. The summed E-state index contributed by atoms with van der Waals surface area (Å²) in [7, 11) is 0. The SMILES string of the molecule is Cc1ccc2c(c1)C(c1ccc3c(c1)CC3)(c1ccc3c(c1)CC3)c1cc(N(c3ccccc3)c3ccc(-c4ccc5c(c4)C(c4ccc6c(c4)CC6)(c4ccc6c(c4)CC6)c4cc(N)ccc4-5)cc3)ccc1-2. The number of fused-ring (bicyclic) bond motifs is 10. The summed E-state index contributed by atoms with van der Waals surface area (Å²) in [5.74, 6) is 0. The van der Waals surface area contributed by atoms with Crippen molar-refractivity contribution >= 4 is 22.7 Å². The average molecular weight is 935 g/mol. The first-order chi connectivity index (χ1) is 35.9. The fraction of sp³-hybridized carbons (Fsp3) is 0.155. The van der Waals surface area contributed by atoms with Crippen molar-refractivity contribution in [3.8, 4) is 33.4 Å². The molecule has 2 nitrogen and oxygen atoms in total. The lowest BCUT2D eigenvalue weighted by Gasteiger charge is -2.37. The second-order valence-electron chi connectivity index (χ2n) is 22.0. The number of nitrogens with zero attached hydrogens (tertiary/aromatic N) is 1. The predicted octanol–water partition coefficient (Wildman–Crippen LogP) is 15.8. The summed E-state index contributed by atoms with van der Waals surface area (Å²) in [4.78, 5) is 2.46. The van der Waals surface area contributed by atoms with Crippen LogP contribution in [0.15, 0.2) is 200 Å². The van der Waals surface area contributed by atoms with Crippen LogP contribution < -0.4 is 10.6 Å². The Kier molecular flexibility index (Phi) is 8.61. The van der Waals surface area contributed by atoms with Gasteiger partial charge < -0.3 is 10.6 Å². The number of para-hydroxylation sites is 1. The van der Waals surface area contributed by atoms with Crippen molar-refractivity contribution in [2.75, 3.05) is 10.6 Å². The van der Waals surface area contributed by atoms with Gasteiger partial charge in [0.15, 0.2) is 0 Å². The Labute approximate surface area is 428 Å². The number of anilines is 4. The second-order valence-corrected chi connectivity index (χ2v) is 22.0.